The molecule has 3 aromatic rings. The summed E-state index contributed by atoms with van der Waals surface area (Å²) in [7, 11) is 4.74. The molecule has 3 rings (SSSR count). The number of nitrogens with zero attached hydrogens (tertiary/aromatic N) is 3. The second kappa shape index (κ2) is 9.07. The predicted octanol–water partition coefficient (Wildman–Crippen LogP) is 2.27. The van der Waals surface area contributed by atoms with Crippen molar-refractivity contribution < 1.29 is 9.53 Å². The monoisotopic (exact) mass is 424 g/mol. The zero-order chi connectivity index (χ0) is 22.7. The van der Waals surface area contributed by atoms with Gasteiger partial charge in [-0.05, 0) is 43.7 Å². The Morgan fingerprint density at radius 3 is 2.03 bits per heavy atom. The lowest BCUT2D eigenvalue weighted by Crippen LogP contribution is -2.39. The van der Waals surface area contributed by atoms with Crippen molar-refractivity contribution in [3.8, 4) is 5.75 Å². The molecule has 8 nitrogen and oxygen atoms in total. The second-order valence-electron chi connectivity index (χ2n) is 7.33. The Morgan fingerprint density at radius 2 is 1.52 bits per heavy atom. The van der Waals surface area contributed by atoms with Gasteiger partial charge in [-0.15, -0.1) is 0 Å². The van der Waals surface area contributed by atoms with E-state index in [4.69, 9.17) is 4.74 Å². The fraction of sp³-hybridized carbons (Fsp3) is 0.348. The van der Waals surface area contributed by atoms with Crippen molar-refractivity contribution in [2.45, 2.75) is 20.3 Å². The van der Waals surface area contributed by atoms with E-state index in [0.717, 1.165) is 30.1 Å². The first kappa shape index (κ1) is 22.1. The fourth-order valence-corrected chi connectivity index (χ4v) is 3.66. The number of hydrogen-bond acceptors (Lipinski definition) is 5. The second-order valence-corrected chi connectivity index (χ2v) is 7.33. The molecule has 164 valence electrons. The molecule has 2 aromatic carbocycles. The van der Waals surface area contributed by atoms with Gasteiger partial charge in [-0.2, -0.15) is 0 Å². The zero-order valence-electron chi connectivity index (χ0n) is 18.6. The van der Waals surface area contributed by atoms with E-state index in [2.05, 4.69) is 10.2 Å². The van der Waals surface area contributed by atoms with E-state index in [1.54, 1.807) is 27.3 Å². The molecule has 0 saturated heterocycles. The first-order valence-corrected chi connectivity index (χ1v) is 10.2. The molecule has 0 aliphatic heterocycles. The van der Waals surface area contributed by atoms with Gasteiger partial charge in [-0.3, -0.25) is 14.4 Å². The highest BCUT2D eigenvalue weighted by molar-refractivity contribution is 5.99. The molecular weight excluding hydrogens is 396 g/mol. The predicted molar refractivity (Wildman–Crippen MR) is 123 cm³/mol. The molecule has 0 aliphatic rings. The van der Waals surface area contributed by atoms with Crippen LogP contribution in [-0.2, 0) is 25.3 Å². The number of nitrogens with one attached hydrogen (secondary N) is 1. The Morgan fingerprint density at radius 1 is 0.968 bits per heavy atom. The number of fused-ring (bicyclic) bond motifs is 1. The highest BCUT2D eigenvalue weighted by atomic mass is 16.5. The van der Waals surface area contributed by atoms with Gasteiger partial charge in [0.2, 0.25) is 5.91 Å². The topological polar surface area (TPSA) is 85.6 Å². The Labute approximate surface area is 180 Å². The van der Waals surface area contributed by atoms with E-state index in [9.17, 15) is 14.4 Å². The number of ether oxygens (including phenoxy) is 1. The van der Waals surface area contributed by atoms with Crippen molar-refractivity contribution in [2.75, 3.05) is 30.4 Å². The minimum atomic E-state index is -0.610. The van der Waals surface area contributed by atoms with Gasteiger partial charge in [0.1, 0.15) is 5.75 Å². The maximum absolute atomic E-state index is 12.8. The minimum Gasteiger partial charge on any atom is -0.497 e. The van der Waals surface area contributed by atoms with Crippen molar-refractivity contribution in [2.24, 2.45) is 14.1 Å². The van der Waals surface area contributed by atoms with Crippen LogP contribution in [0.4, 0.5) is 11.4 Å². The highest BCUT2D eigenvalue weighted by Gasteiger charge is 2.17. The molecule has 0 saturated carbocycles. The summed E-state index contributed by atoms with van der Waals surface area (Å²) in [5.74, 6) is 0.557. The summed E-state index contributed by atoms with van der Waals surface area (Å²) in [6, 6.07) is 10.9. The minimum absolute atomic E-state index is 0.173. The van der Waals surface area contributed by atoms with E-state index in [-0.39, 0.29) is 12.3 Å². The highest BCUT2D eigenvalue weighted by Crippen LogP contribution is 2.30. The lowest BCUT2D eigenvalue weighted by Gasteiger charge is -2.25. The van der Waals surface area contributed by atoms with E-state index in [0.29, 0.717) is 16.7 Å². The van der Waals surface area contributed by atoms with Crippen LogP contribution in [-0.4, -0.2) is 35.2 Å². The van der Waals surface area contributed by atoms with E-state index in [1.807, 2.05) is 44.2 Å². The molecule has 0 aliphatic carbocycles. The summed E-state index contributed by atoms with van der Waals surface area (Å²) in [4.78, 5) is 39.5. The van der Waals surface area contributed by atoms with Crippen molar-refractivity contribution in [3.05, 3.63) is 62.7 Å². The third-order valence-electron chi connectivity index (χ3n) is 5.51. The Kier molecular flexibility index (Phi) is 6.48. The SMILES string of the molecule is CCN(CC)c1cc2c(cc1NC(=O)Cc1ccc(OC)cc1)n(C)c(=O)c(=O)n2C. The van der Waals surface area contributed by atoms with Crippen LogP contribution in [0.3, 0.4) is 0 Å². The first-order valence-electron chi connectivity index (χ1n) is 10.2. The van der Waals surface area contributed by atoms with Gasteiger partial charge in [-0.25, -0.2) is 0 Å². The number of methoxy groups -OCH3 is 1. The molecule has 1 amide bonds. The maximum atomic E-state index is 12.8. The van der Waals surface area contributed by atoms with Crippen LogP contribution < -0.4 is 26.1 Å². The molecule has 0 bridgehead atoms. The number of carbonyl (C=O) groups is 1. The number of rotatable bonds is 7. The molecule has 0 atom stereocenters. The number of benzene rings is 2. The van der Waals surface area contributed by atoms with Gasteiger partial charge >= 0.3 is 11.1 Å². The lowest BCUT2D eigenvalue weighted by molar-refractivity contribution is -0.115. The summed E-state index contributed by atoms with van der Waals surface area (Å²) in [5, 5.41) is 3.00. The summed E-state index contributed by atoms with van der Waals surface area (Å²) in [6.07, 6.45) is 0.200. The molecule has 1 N–H and O–H groups in total. The van der Waals surface area contributed by atoms with E-state index >= 15 is 0 Å². The van der Waals surface area contributed by atoms with Crippen LogP contribution in [0, 0.1) is 0 Å². The van der Waals surface area contributed by atoms with Crippen LogP contribution in [0.25, 0.3) is 11.0 Å². The van der Waals surface area contributed by atoms with Crippen LogP contribution in [0.5, 0.6) is 5.75 Å². The third-order valence-corrected chi connectivity index (χ3v) is 5.51. The summed E-state index contributed by atoms with van der Waals surface area (Å²) >= 11 is 0. The van der Waals surface area contributed by atoms with Gasteiger partial charge in [-0.1, -0.05) is 12.1 Å². The Balaban J connectivity index is 2.06. The maximum Gasteiger partial charge on any atom is 0.316 e. The van der Waals surface area contributed by atoms with Crippen LogP contribution in [0.1, 0.15) is 19.4 Å². The Bertz CT molecular complexity index is 1220. The molecule has 0 spiro atoms. The molecule has 1 aromatic heterocycles. The van der Waals surface area contributed by atoms with E-state index in [1.165, 1.54) is 9.13 Å². The zero-order valence-corrected chi connectivity index (χ0v) is 18.6. The average molecular weight is 425 g/mol. The number of aryl methyl sites for hydroxylation is 2. The van der Waals surface area contributed by atoms with Gasteiger partial charge in [0, 0.05) is 27.2 Å². The number of anilines is 2. The van der Waals surface area contributed by atoms with Gasteiger partial charge in [0.05, 0.1) is 35.9 Å². The molecule has 1 heterocycles. The molecular formula is C23H28N4O4. The summed E-state index contributed by atoms with van der Waals surface area (Å²) < 4.78 is 7.84. The number of amides is 1. The lowest BCUT2D eigenvalue weighted by atomic mass is 10.1. The Hall–Kier alpha value is -3.55. The quantitative estimate of drug-likeness (QED) is 0.588. The summed E-state index contributed by atoms with van der Waals surface area (Å²) in [6.45, 7) is 5.50. The molecule has 0 radical (unpaired) electrons. The largest absolute Gasteiger partial charge is 0.497 e. The number of aromatic nitrogens is 2. The van der Waals surface area contributed by atoms with Crippen molar-refractivity contribution in [1.29, 1.82) is 0 Å². The smallest absolute Gasteiger partial charge is 0.316 e. The molecule has 31 heavy (non-hydrogen) atoms. The van der Waals surface area contributed by atoms with Gasteiger partial charge in [0.15, 0.2) is 0 Å². The van der Waals surface area contributed by atoms with Crippen molar-refractivity contribution >= 4 is 28.3 Å². The van der Waals surface area contributed by atoms with Crippen molar-refractivity contribution in [1.82, 2.24) is 9.13 Å². The van der Waals surface area contributed by atoms with Crippen LogP contribution >= 0.6 is 0 Å². The first-order chi connectivity index (χ1) is 14.8. The molecule has 8 heteroatoms. The van der Waals surface area contributed by atoms with Crippen LogP contribution in [0.2, 0.25) is 0 Å². The van der Waals surface area contributed by atoms with Crippen molar-refractivity contribution in [3.63, 3.8) is 0 Å². The molecule has 0 unspecified atom stereocenters. The van der Waals surface area contributed by atoms with E-state index < -0.39 is 11.1 Å². The summed E-state index contributed by atoms with van der Waals surface area (Å²) in [5.41, 5.74) is 2.26. The number of hydrogen-bond donors (Lipinski definition) is 1. The number of carbonyl (C=O) groups excluding carboxylic acids is 1. The van der Waals surface area contributed by atoms with Crippen LogP contribution in [0.15, 0.2) is 46.0 Å². The van der Waals surface area contributed by atoms with Gasteiger partial charge in [0.25, 0.3) is 0 Å². The molecule has 0 fully saturated rings. The normalized spacial score (nSPS) is 10.9. The average Bonchev–Trinajstić information content (AvgIpc) is 2.78. The third kappa shape index (κ3) is 4.33. The fourth-order valence-electron chi connectivity index (χ4n) is 3.66. The van der Waals surface area contributed by atoms with Gasteiger partial charge < -0.3 is 24.1 Å². The standard InChI is InChI=1S/C23H28N4O4/c1-6-27(7-2)18-14-20-19(25(3)22(29)23(30)26(20)4)13-17(18)24-21(28)12-15-8-10-16(31-5)11-9-15/h8-11,13-14H,6-7,12H2,1-5H3,(H,24,28).